The largest absolute Gasteiger partial charge is 0.508 e. The average molecular weight is 238 g/mol. The molecule has 2 N–H and O–H groups in total. The highest BCUT2D eigenvalue weighted by molar-refractivity contribution is 5.82. The predicted molar refractivity (Wildman–Crippen MR) is 72.7 cm³/mol. The molecule has 0 aliphatic heterocycles. The molecule has 2 aromatic carbocycles. The van der Waals surface area contributed by atoms with Gasteiger partial charge in [0.25, 0.3) is 0 Å². The molecule has 0 amide bonds. The molecule has 0 bridgehead atoms. The number of rotatable bonds is 1. The molecule has 3 aromatic rings. The minimum atomic E-state index is 0.296. The van der Waals surface area contributed by atoms with Gasteiger partial charge >= 0.3 is 0 Å². The zero-order chi connectivity index (χ0) is 12.7. The highest BCUT2D eigenvalue weighted by atomic mass is 16.3. The van der Waals surface area contributed by atoms with E-state index < -0.39 is 0 Å². The molecule has 3 heteroatoms. The third-order valence-electron chi connectivity index (χ3n) is 3.27. The fourth-order valence-corrected chi connectivity index (χ4v) is 2.18. The lowest BCUT2D eigenvalue weighted by molar-refractivity contribution is 0.471. The number of aromatic nitrogens is 2. The summed E-state index contributed by atoms with van der Waals surface area (Å²) in [6.07, 6.45) is 0. The van der Waals surface area contributed by atoms with Crippen LogP contribution in [0.25, 0.3) is 22.4 Å². The SMILES string of the molecule is Cc1c(O)cccc1-c1nc2c(C)cccc2[nH]1. The molecule has 1 aromatic heterocycles. The van der Waals surface area contributed by atoms with Crippen molar-refractivity contribution >= 4 is 11.0 Å². The number of imidazole rings is 1. The molecule has 18 heavy (non-hydrogen) atoms. The van der Waals surface area contributed by atoms with Crippen LogP contribution < -0.4 is 0 Å². The van der Waals surface area contributed by atoms with Gasteiger partial charge in [0.2, 0.25) is 0 Å². The summed E-state index contributed by atoms with van der Waals surface area (Å²) in [7, 11) is 0. The van der Waals surface area contributed by atoms with Crippen LogP contribution in [0.5, 0.6) is 5.75 Å². The zero-order valence-electron chi connectivity index (χ0n) is 10.4. The van der Waals surface area contributed by atoms with E-state index in [1.807, 2.05) is 44.2 Å². The molecule has 0 unspecified atom stereocenters. The minimum Gasteiger partial charge on any atom is -0.508 e. The number of para-hydroxylation sites is 1. The minimum absolute atomic E-state index is 0.296. The van der Waals surface area contributed by atoms with Crippen molar-refractivity contribution in [2.24, 2.45) is 0 Å². The summed E-state index contributed by atoms with van der Waals surface area (Å²) < 4.78 is 0. The fourth-order valence-electron chi connectivity index (χ4n) is 2.18. The number of aromatic hydroxyl groups is 1. The maximum absolute atomic E-state index is 9.75. The van der Waals surface area contributed by atoms with Crippen LogP contribution in [0, 0.1) is 13.8 Å². The fraction of sp³-hybridized carbons (Fsp3) is 0.133. The smallest absolute Gasteiger partial charge is 0.138 e. The average Bonchev–Trinajstić information content (AvgIpc) is 2.78. The van der Waals surface area contributed by atoms with E-state index in [9.17, 15) is 5.11 Å². The molecule has 3 nitrogen and oxygen atoms in total. The lowest BCUT2D eigenvalue weighted by atomic mass is 10.1. The molecular weight excluding hydrogens is 224 g/mol. The van der Waals surface area contributed by atoms with Gasteiger partial charge in [-0.1, -0.05) is 24.3 Å². The second-order valence-corrected chi connectivity index (χ2v) is 4.51. The number of aromatic amines is 1. The molecule has 0 saturated carbocycles. The Hall–Kier alpha value is -2.29. The summed E-state index contributed by atoms with van der Waals surface area (Å²) >= 11 is 0. The number of nitrogens with zero attached hydrogens (tertiary/aromatic N) is 1. The van der Waals surface area contributed by atoms with Crippen molar-refractivity contribution in [2.45, 2.75) is 13.8 Å². The second-order valence-electron chi connectivity index (χ2n) is 4.51. The van der Waals surface area contributed by atoms with Gasteiger partial charge in [-0.05, 0) is 31.5 Å². The van der Waals surface area contributed by atoms with E-state index >= 15 is 0 Å². The van der Waals surface area contributed by atoms with Crippen molar-refractivity contribution in [1.82, 2.24) is 9.97 Å². The molecule has 0 spiro atoms. The van der Waals surface area contributed by atoms with E-state index in [2.05, 4.69) is 9.97 Å². The van der Waals surface area contributed by atoms with Crippen molar-refractivity contribution in [3.63, 3.8) is 0 Å². The summed E-state index contributed by atoms with van der Waals surface area (Å²) in [5, 5.41) is 9.75. The highest BCUT2D eigenvalue weighted by Gasteiger charge is 2.10. The summed E-state index contributed by atoms with van der Waals surface area (Å²) in [5.41, 5.74) is 4.93. The number of phenolic OH excluding ortho intramolecular Hbond substituents is 1. The number of hydrogen-bond acceptors (Lipinski definition) is 2. The standard InChI is InChI=1S/C15H14N2O/c1-9-5-3-7-12-14(9)17-15(16-12)11-6-4-8-13(18)10(11)2/h3-8,18H,1-2H3,(H,16,17). The van der Waals surface area contributed by atoms with Gasteiger partial charge in [0.15, 0.2) is 0 Å². The van der Waals surface area contributed by atoms with Crippen LogP contribution in [-0.4, -0.2) is 15.1 Å². The van der Waals surface area contributed by atoms with Gasteiger partial charge < -0.3 is 10.1 Å². The molecule has 90 valence electrons. The van der Waals surface area contributed by atoms with Crippen molar-refractivity contribution in [1.29, 1.82) is 0 Å². The van der Waals surface area contributed by atoms with Crippen LogP contribution in [0.4, 0.5) is 0 Å². The van der Waals surface area contributed by atoms with Crippen molar-refractivity contribution < 1.29 is 5.11 Å². The van der Waals surface area contributed by atoms with Crippen LogP contribution in [0.3, 0.4) is 0 Å². The first-order valence-corrected chi connectivity index (χ1v) is 5.91. The predicted octanol–water partition coefficient (Wildman–Crippen LogP) is 3.55. The molecule has 1 heterocycles. The van der Waals surface area contributed by atoms with Crippen LogP contribution in [0.2, 0.25) is 0 Å². The monoisotopic (exact) mass is 238 g/mol. The molecule has 0 atom stereocenters. The molecule has 0 radical (unpaired) electrons. The maximum Gasteiger partial charge on any atom is 0.138 e. The van der Waals surface area contributed by atoms with Gasteiger partial charge in [-0.3, -0.25) is 0 Å². The van der Waals surface area contributed by atoms with Crippen LogP contribution in [-0.2, 0) is 0 Å². The Bertz CT molecular complexity index is 728. The Balaban J connectivity index is 2.26. The topological polar surface area (TPSA) is 48.9 Å². The van der Waals surface area contributed by atoms with Gasteiger partial charge in [-0.15, -0.1) is 0 Å². The third kappa shape index (κ3) is 1.56. The van der Waals surface area contributed by atoms with Gasteiger partial charge in [0.05, 0.1) is 11.0 Å². The molecule has 0 fully saturated rings. The first-order chi connectivity index (χ1) is 8.66. The summed E-state index contributed by atoms with van der Waals surface area (Å²) in [6, 6.07) is 11.5. The molecule has 0 saturated heterocycles. The van der Waals surface area contributed by atoms with Gasteiger partial charge in [0, 0.05) is 11.1 Å². The van der Waals surface area contributed by atoms with Gasteiger partial charge in [-0.25, -0.2) is 4.98 Å². The molecule has 3 rings (SSSR count). The van der Waals surface area contributed by atoms with Crippen molar-refractivity contribution in [3.05, 3.63) is 47.5 Å². The molecule has 0 aliphatic rings. The summed E-state index contributed by atoms with van der Waals surface area (Å²) in [4.78, 5) is 7.92. The zero-order valence-corrected chi connectivity index (χ0v) is 10.4. The first-order valence-electron chi connectivity index (χ1n) is 5.91. The van der Waals surface area contributed by atoms with E-state index in [-0.39, 0.29) is 0 Å². The Morgan fingerprint density at radius 1 is 1.06 bits per heavy atom. The highest BCUT2D eigenvalue weighted by Crippen LogP contribution is 2.29. The summed E-state index contributed by atoms with van der Waals surface area (Å²) in [5.74, 6) is 1.09. The number of hydrogen-bond donors (Lipinski definition) is 2. The lowest BCUT2D eigenvalue weighted by Gasteiger charge is -2.03. The number of nitrogens with one attached hydrogen (secondary N) is 1. The normalized spacial score (nSPS) is 11.0. The van der Waals surface area contributed by atoms with Crippen LogP contribution >= 0.6 is 0 Å². The van der Waals surface area contributed by atoms with Crippen LogP contribution in [0.1, 0.15) is 11.1 Å². The Morgan fingerprint density at radius 3 is 2.61 bits per heavy atom. The Labute approximate surface area is 105 Å². The summed E-state index contributed by atoms with van der Waals surface area (Å²) in [6.45, 7) is 3.94. The number of aryl methyl sites for hydroxylation is 1. The number of fused-ring (bicyclic) bond motifs is 1. The number of phenols is 1. The van der Waals surface area contributed by atoms with Gasteiger partial charge in [0.1, 0.15) is 11.6 Å². The van der Waals surface area contributed by atoms with E-state index in [1.54, 1.807) is 6.07 Å². The van der Waals surface area contributed by atoms with E-state index in [0.717, 1.165) is 33.5 Å². The number of H-pyrrole nitrogens is 1. The molecular formula is C15H14N2O. The first kappa shape index (κ1) is 10.8. The van der Waals surface area contributed by atoms with Gasteiger partial charge in [-0.2, -0.15) is 0 Å². The lowest BCUT2D eigenvalue weighted by Crippen LogP contribution is -1.85. The molecule has 0 aliphatic carbocycles. The Morgan fingerprint density at radius 2 is 1.83 bits per heavy atom. The van der Waals surface area contributed by atoms with E-state index in [1.165, 1.54) is 0 Å². The van der Waals surface area contributed by atoms with E-state index in [4.69, 9.17) is 0 Å². The van der Waals surface area contributed by atoms with Crippen molar-refractivity contribution in [3.8, 4) is 17.1 Å². The maximum atomic E-state index is 9.75. The third-order valence-corrected chi connectivity index (χ3v) is 3.27. The second kappa shape index (κ2) is 3.88. The van der Waals surface area contributed by atoms with E-state index in [0.29, 0.717) is 5.75 Å². The van der Waals surface area contributed by atoms with Crippen molar-refractivity contribution in [2.75, 3.05) is 0 Å². The number of benzene rings is 2. The Kier molecular flexibility index (Phi) is 2.33. The van der Waals surface area contributed by atoms with Crippen LogP contribution in [0.15, 0.2) is 36.4 Å². The quantitative estimate of drug-likeness (QED) is 0.681.